The Morgan fingerprint density at radius 3 is 2.39 bits per heavy atom. The number of hydrogen-bond donors (Lipinski definition) is 1. The summed E-state index contributed by atoms with van der Waals surface area (Å²) in [5.41, 5.74) is 2.25. The van der Waals surface area contributed by atoms with Crippen LogP contribution in [0, 0.1) is 12.8 Å². The van der Waals surface area contributed by atoms with Crippen LogP contribution in [-0.2, 0) is 9.59 Å². The first-order valence-electron chi connectivity index (χ1n) is 8.69. The van der Waals surface area contributed by atoms with Crippen molar-refractivity contribution in [1.29, 1.82) is 0 Å². The molecule has 1 fully saturated rings. The van der Waals surface area contributed by atoms with Crippen LogP contribution < -0.4 is 15.0 Å². The zero-order valence-corrected chi connectivity index (χ0v) is 15.1. The van der Waals surface area contributed by atoms with Crippen molar-refractivity contribution in [3.63, 3.8) is 0 Å². The summed E-state index contributed by atoms with van der Waals surface area (Å²) in [5, 5.41) is 2.69. The van der Waals surface area contributed by atoms with Crippen LogP contribution in [0.3, 0.4) is 0 Å². The highest BCUT2D eigenvalue weighted by molar-refractivity contribution is 6.03. The zero-order chi connectivity index (χ0) is 20.3. The Hall–Kier alpha value is -3.03. The number of amides is 2. The maximum absolute atomic E-state index is 12.5. The van der Waals surface area contributed by atoms with Crippen molar-refractivity contribution in [3.8, 4) is 5.75 Å². The molecule has 148 valence electrons. The first kappa shape index (κ1) is 19.7. The Balaban J connectivity index is 1.57. The lowest BCUT2D eigenvalue weighted by Gasteiger charge is -2.17. The first-order valence-corrected chi connectivity index (χ1v) is 8.69. The van der Waals surface area contributed by atoms with Gasteiger partial charge in [0.25, 0.3) is 0 Å². The van der Waals surface area contributed by atoms with E-state index in [0.717, 1.165) is 11.3 Å². The minimum Gasteiger partial charge on any atom is -0.484 e. The fourth-order valence-corrected chi connectivity index (χ4v) is 2.90. The summed E-state index contributed by atoms with van der Waals surface area (Å²) < 4.78 is 41.1. The van der Waals surface area contributed by atoms with Gasteiger partial charge in [0.2, 0.25) is 11.8 Å². The minimum absolute atomic E-state index is 0.0527. The van der Waals surface area contributed by atoms with Crippen molar-refractivity contribution in [2.75, 3.05) is 23.4 Å². The van der Waals surface area contributed by atoms with Gasteiger partial charge in [0.05, 0.1) is 5.92 Å². The molecule has 0 aliphatic carbocycles. The summed E-state index contributed by atoms with van der Waals surface area (Å²) >= 11 is 0. The molecule has 1 N–H and O–H groups in total. The van der Waals surface area contributed by atoms with E-state index in [1.165, 1.54) is 24.3 Å². The average Bonchev–Trinajstić information content (AvgIpc) is 3.03. The van der Waals surface area contributed by atoms with E-state index < -0.39 is 18.7 Å². The van der Waals surface area contributed by atoms with Crippen molar-refractivity contribution in [1.82, 2.24) is 0 Å². The van der Waals surface area contributed by atoms with Crippen LogP contribution in [0.4, 0.5) is 24.5 Å². The predicted octanol–water partition coefficient (Wildman–Crippen LogP) is 3.93. The SMILES string of the molecule is Cc1ccc(N2CC(C(=O)Nc3ccc(OCC(F)(F)F)cc3)CC2=O)cc1. The van der Waals surface area contributed by atoms with Crippen LogP contribution in [0.25, 0.3) is 0 Å². The van der Waals surface area contributed by atoms with Crippen LogP contribution >= 0.6 is 0 Å². The molecule has 1 aliphatic heterocycles. The number of benzene rings is 2. The molecular formula is C20H19F3N2O3. The molecule has 0 saturated carbocycles. The van der Waals surface area contributed by atoms with Gasteiger partial charge in [0, 0.05) is 24.3 Å². The lowest BCUT2D eigenvalue weighted by Crippen LogP contribution is -2.28. The van der Waals surface area contributed by atoms with E-state index in [-0.39, 0.29) is 30.5 Å². The molecule has 1 heterocycles. The van der Waals surface area contributed by atoms with Gasteiger partial charge in [-0.1, -0.05) is 17.7 Å². The zero-order valence-electron chi connectivity index (χ0n) is 15.1. The number of aryl methyl sites for hydroxylation is 1. The number of halogens is 3. The van der Waals surface area contributed by atoms with E-state index in [1.54, 1.807) is 4.90 Å². The van der Waals surface area contributed by atoms with Gasteiger partial charge in [-0.2, -0.15) is 13.2 Å². The summed E-state index contributed by atoms with van der Waals surface area (Å²) in [5.74, 6) is -0.890. The molecule has 0 bridgehead atoms. The van der Waals surface area contributed by atoms with E-state index in [9.17, 15) is 22.8 Å². The van der Waals surface area contributed by atoms with Crippen molar-refractivity contribution in [2.24, 2.45) is 5.92 Å². The van der Waals surface area contributed by atoms with Gasteiger partial charge >= 0.3 is 6.18 Å². The molecule has 0 aromatic heterocycles. The number of carbonyl (C=O) groups excluding carboxylic acids is 2. The van der Waals surface area contributed by atoms with Gasteiger partial charge in [-0.15, -0.1) is 0 Å². The third-order valence-corrected chi connectivity index (χ3v) is 4.37. The highest BCUT2D eigenvalue weighted by Crippen LogP contribution is 2.27. The second kappa shape index (κ2) is 7.92. The molecule has 5 nitrogen and oxygen atoms in total. The van der Waals surface area contributed by atoms with Crippen molar-refractivity contribution in [3.05, 3.63) is 54.1 Å². The van der Waals surface area contributed by atoms with E-state index in [2.05, 4.69) is 10.1 Å². The molecule has 3 rings (SSSR count). The van der Waals surface area contributed by atoms with E-state index in [1.807, 2.05) is 31.2 Å². The highest BCUT2D eigenvalue weighted by Gasteiger charge is 2.35. The van der Waals surface area contributed by atoms with Crippen LogP contribution in [0.2, 0.25) is 0 Å². The van der Waals surface area contributed by atoms with Gasteiger partial charge in [-0.3, -0.25) is 9.59 Å². The molecule has 1 unspecified atom stereocenters. The Morgan fingerprint density at radius 2 is 1.79 bits per heavy atom. The van der Waals surface area contributed by atoms with Gasteiger partial charge in [-0.25, -0.2) is 0 Å². The predicted molar refractivity (Wildman–Crippen MR) is 98.3 cm³/mol. The molecule has 2 aromatic rings. The number of carbonyl (C=O) groups is 2. The number of nitrogens with zero attached hydrogens (tertiary/aromatic N) is 1. The summed E-state index contributed by atoms with van der Waals surface area (Å²) in [7, 11) is 0. The monoisotopic (exact) mass is 392 g/mol. The third kappa shape index (κ3) is 5.03. The van der Waals surface area contributed by atoms with E-state index >= 15 is 0 Å². The number of anilines is 2. The largest absolute Gasteiger partial charge is 0.484 e. The number of rotatable bonds is 5. The van der Waals surface area contributed by atoms with E-state index in [0.29, 0.717) is 5.69 Å². The fourth-order valence-electron chi connectivity index (χ4n) is 2.90. The van der Waals surface area contributed by atoms with Crippen LogP contribution in [0.1, 0.15) is 12.0 Å². The quantitative estimate of drug-likeness (QED) is 0.839. The molecule has 0 radical (unpaired) electrons. The molecule has 1 saturated heterocycles. The molecule has 2 aromatic carbocycles. The second-order valence-corrected chi connectivity index (χ2v) is 6.66. The Labute approximate surface area is 160 Å². The Morgan fingerprint density at radius 1 is 1.14 bits per heavy atom. The molecular weight excluding hydrogens is 373 g/mol. The van der Waals surface area contributed by atoms with Crippen LogP contribution in [0.15, 0.2) is 48.5 Å². The van der Waals surface area contributed by atoms with E-state index in [4.69, 9.17) is 0 Å². The van der Waals surface area contributed by atoms with Gasteiger partial charge in [0.15, 0.2) is 6.61 Å². The number of nitrogens with one attached hydrogen (secondary N) is 1. The molecule has 2 amide bonds. The van der Waals surface area contributed by atoms with Crippen LogP contribution in [0.5, 0.6) is 5.75 Å². The first-order chi connectivity index (χ1) is 13.2. The van der Waals surface area contributed by atoms with Crippen molar-refractivity contribution >= 4 is 23.2 Å². The molecule has 1 aliphatic rings. The fraction of sp³-hybridized carbons (Fsp3) is 0.300. The average molecular weight is 392 g/mol. The summed E-state index contributed by atoms with van der Waals surface area (Å²) in [4.78, 5) is 26.3. The van der Waals surface area contributed by atoms with Crippen molar-refractivity contribution in [2.45, 2.75) is 19.5 Å². The minimum atomic E-state index is -4.41. The summed E-state index contributed by atoms with van der Waals surface area (Å²) in [6, 6.07) is 13.1. The standard InChI is InChI=1S/C20H19F3N2O3/c1-13-2-6-16(7-3-13)25-11-14(10-18(25)26)19(27)24-15-4-8-17(9-5-15)28-12-20(21,22)23/h2-9,14H,10-12H2,1H3,(H,24,27). The lowest BCUT2D eigenvalue weighted by molar-refractivity contribution is -0.153. The number of alkyl halides is 3. The third-order valence-electron chi connectivity index (χ3n) is 4.37. The Bertz CT molecular complexity index is 848. The molecule has 1 atom stereocenters. The smallest absolute Gasteiger partial charge is 0.422 e. The Kier molecular flexibility index (Phi) is 5.58. The number of hydrogen-bond acceptors (Lipinski definition) is 3. The van der Waals surface area contributed by atoms with Gasteiger partial charge in [0.1, 0.15) is 5.75 Å². The van der Waals surface area contributed by atoms with Crippen molar-refractivity contribution < 1.29 is 27.5 Å². The number of ether oxygens (including phenoxy) is 1. The summed E-state index contributed by atoms with van der Waals surface area (Å²) in [6.07, 6.45) is -4.31. The normalized spacial score (nSPS) is 16.9. The second-order valence-electron chi connectivity index (χ2n) is 6.66. The van der Waals surface area contributed by atoms with Gasteiger partial charge in [-0.05, 0) is 43.3 Å². The lowest BCUT2D eigenvalue weighted by atomic mass is 10.1. The molecule has 28 heavy (non-hydrogen) atoms. The van der Waals surface area contributed by atoms with Crippen LogP contribution in [-0.4, -0.2) is 31.1 Å². The summed E-state index contributed by atoms with van der Waals surface area (Å²) in [6.45, 7) is 0.851. The maximum Gasteiger partial charge on any atom is 0.422 e. The maximum atomic E-state index is 12.5. The highest BCUT2D eigenvalue weighted by atomic mass is 19.4. The molecule has 8 heteroatoms. The molecule has 0 spiro atoms. The topological polar surface area (TPSA) is 58.6 Å². The van der Waals surface area contributed by atoms with Gasteiger partial charge < -0.3 is 15.0 Å².